The maximum absolute atomic E-state index is 5.87. The Morgan fingerprint density at radius 3 is 2.92 bits per heavy atom. The van der Waals surface area contributed by atoms with E-state index in [9.17, 15) is 0 Å². The van der Waals surface area contributed by atoms with Gasteiger partial charge < -0.3 is 0 Å². The Balaban J connectivity index is 2.22. The number of thiophene rings is 1. The molecule has 2 atom stereocenters. The van der Waals surface area contributed by atoms with Gasteiger partial charge in [-0.25, -0.2) is 0 Å². The Kier molecular flexibility index (Phi) is 2.14. The molecule has 0 aliphatic heterocycles. The molecule has 2 unspecified atom stereocenters. The van der Waals surface area contributed by atoms with E-state index >= 15 is 0 Å². The molecule has 0 radical (unpaired) electrons. The number of rotatable bonds is 2. The van der Waals surface area contributed by atoms with Crippen LogP contribution in [0.25, 0.3) is 0 Å². The fourth-order valence-electron chi connectivity index (χ4n) is 1.64. The van der Waals surface area contributed by atoms with Crippen molar-refractivity contribution in [3.05, 3.63) is 21.3 Å². The number of hydrogen-bond donors (Lipinski definition) is 0. The SMILES string of the molecule is CC1(c2csc(Cl)c2)CC1CCl. The summed E-state index contributed by atoms with van der Waals surface area (Å²) in [4.78, 5) is 0. The first-order chi connectivity index (χ1) is 5.66. The summed E-state index contributed by atoms with van der Waals surface area (Å²) in [6.07, 6.45) is 1.21. The van der Waals surface area contributed by atoms with E-state index in [0.29, 0.717) is 11.3 Å². The van der Waals surface area contributed by atoms with Gasteiger partial charge in [-0.3, -0.25) is 0 Å². The van der Waals surface area contributed by atoms with Crippen LogP contribution in [-0.4, -0.2) is 5.88 Å². The first-order valence-corrected chi connectivity index (χ1v) is 5.76. The Labute approximate surface area is 86.5 Å². The molecule has 1 aromatic rings. The van der Waals surface area contributed by atoms with Gasteiger partial charge in [0.2, 0.25) is 0 Å². The van der Waals surface area contributed by atoms with Crippen molar-refractivity contribution in [2.24, 2.45) is 5.92 Å². The molecule has 0 spiro atoms. The zero-order valence-electron chi connectivity index (χ0n) is 6.81. The molecule has 1 aliphatic carbocycles. The molecule has 0 N–H and O–H groups in total. The van der Waals surface area contributed by atoms with Crippen molar-refractivity contribution in [1.29, 1.82) is 0 Å². The van der Waals surface area contributed by atoms with Crippen molar-refractivity contribution < 1.29 is 0 Å². The van der Waals surface area contributed by atoms with Crippen LogP contribution in [0.5, 0.6) is 0 Å². The summed E-state index contributed by atoms with van der Waals surface area (Å²) in [6.45, 7) is 2.26. The summed E-state index contributed by atoms with van der Waals surface area (Å²) in [5.41, 5.74) is 1.69. The van der Waals surface area contributed by atoms with Crippen LogP contribution >= 0.6 is 34.5 Å². The summed E-state index contributed by atoms with van der Waals surface area (Å²) in [7, 11) is 0. The number of alkyl halides is 1. The second kappa shape index (κ2) is 2.90. The van der Waals surface area contributed by atoms with Crippen LogP contribution in [0.4, 0.5) is 0 Å². The summed E-state index contributed by atoms with van der Waals surface area (Å²) < 4.78 is 0.881. The van der Waals surface area contributed by atoms with Gasteiger partial charge in [0.05, 0.1) is 4.34 Å². The van der Waals surface area contributed by atoms with Crippen LogP contribution < -0.4 is 0 Å². The molecule has 1 saturated carbocycles. The molecule has 1 fully saturated rings. The summed E-state index contributed by atoms with van der Waals surface area (Å²) in [5, 5.41) is 2.15. The third-order valence-electron chi connectivity index (χ3n) is 2.82. The Hall–Kier alpha value is 0.280. The minimum Gasteiger partial charge on any atom is -0.132 e. The highest BCUT2D eigenvalue weighted by molar-refractivity contribution is 7.14. The van der Waals surface area contributed by atoms with Crippen LogP contribution in [0.15, 0.2) is 11.4 Å². The van der Waals surface area contributed by atoms with E-state index in [-0.39, 0.29) is 0 Å². The largest absolute Gasteiger partial charge is 0.132 e. The van der Waals surface area contributed by atoms with Crippen molar-refractivity contribution in [2.45, 2.75) is 18.8 Å². The zero-order valence-corrected chi connectivity index (χ0v) is 9.14. The van der Waals surface area contributed by atoms with Crippen LogP contribution in [0.3, 0.4) is 0 Å². The molecule has 0 nitrogen and oxygen atoms in total. The standard InChI is InChI=1S/C9H10Cl2S/c1-9(3-7(9)4-10)6-2-8(11)12-5-6/h2,5,7H,3-4H2,1H3. The van der Waals surface area contributed by atoms with Crippen LogP contribution in [0.1, 0.15) is 18.9 Å². The van der Waals surface area contributed by atoms with Gasteiger partial charge in [-0.2, -0.15) is 0 Å². The van der Waals surface area contributed by atoms with Gasteiger partial charge >= 0.3 is 0 Å². The van der Waals surface area contributed by atoms with E-state index in [1.54, 1.807) is 11.3 Å². The lowest BCUT2D eigenvalue weighted by Gasteiger charge is -2.06. The molecule has 0 amide bonds. The number of hydrogen-bond acceptors (Lipinski definition) is 1. The fourth-order valence-corrected chi connectivity index (χ4v) is 3.11. The van der Waals surface area contributed by atoms with Gasteiger partial charge in [0.15, 0.2) is 0 Å². The molecule has 66 valence electrons. The predicted octanol–water partition coefficient (Wildman–Crippen LogP) is 3.92. The van der Waals surface area contributed by atoms with E-state index in [1.165, 1.54) is 12.0 Å². The van der Waals surface area contributed by atoms with Gasteiger partial charge in [-0.05, 0) is 34.8 Å². The third kappa shape index (κ3) is 1.28. The average molecular weight is 221 g/mol. The second-order valence-corrected chi connectivity index (χ2v) is 5.46. The Morgan fingerprint density at radius 1 is 1.75 bits per heavy atom. The van der Waals surface area contributed by atoms with E-state index in [1.807, 2.05) is 0 Å². The minimum absolute atomic E-state index is 0.325. The topological polar surface area (TPSA) is 0 Å². The number of halogens is 2. The highest BCUT2D eigenvalue weighted by Gasteiger charge is 2.50. The van der Waals surface area contributed by atoms with Gasteiger partial charge in [0.1, 0.15) is 0 Å². The van der Waals surface area contributed by atoms with Crippen molar-refractivity contribution in [1.82, 2.24) is 0 Å². The summed E-state index contributed by atoms with van der Waals surface area (Å²) in [5.74, 6) is 1.43. The normalized spacial score (nSPS) is 33.8. The minimum atomic E-state index is 0.325. The molecule has 1 aliphatic rings. The van der Waals surface area contributed by atoms with Crippen molar-refractivity contribution in [3.63, 3.8) is 0 Å². The smallest absolute Gasteiger partial charge is 0.0931 e. The van der Waals surface area contributed by atoms with E-state index in [2.05, 4.69) is 18.4 Å². The molecular formula is C9H10Cl2S. The molecule has 3 heteroatoms. The van der Waals surface area contributed by atoms with Crippen molar-refractivity contribution >= 4 is 34.5 Å². The predicted molar refractivity (Wildman–Crippen MR) is 55.5 cm³/mol. The molecular weight excluding hydrogens is 211 g/mol. The highest BCUT2D eigenvalue weighted by atomic mass is 35.5. The lowest BCUT2D eigenvalue weighted by atomic mass is 9.99. The monoisotopic (exact) mass is 220 g/mol. The maximum Gasteiger partial charge on any atom is 0.0931 e. The first kappa shape index (κ1) is 8.86. The lowest BCUT2D eigenvalue weighted by molar-refractivity contribution is 0.709. The van der Waals surface area contributed by atoms with E-state index < -0.39 is 0 Å². The van der Waals surface area contributed by atoms with Crippen LogP contribution in [0, 0.1) is 5.92 Å². The highest BCUT2D eigenvalue weighted by Crippen LogP contribution is 2.55. The van der Waals surface area contributed by atoms with Crippen LogP contribution in [-0.2, 0) is 5.41 Å². The summed E-state index contributed by atoms with van der Waals surface area (Å²) in [6, 6.07) is 2.07. The average Bonchev–Trinajstić information content (AvgIpc) is 2.50. The Bertz CT molecular complexity index is 294. The van der Waals surface area contributed by atoms with Crippen molar-refractivity contribution in [3.8, 4) is 0 Å². The van der Waals surface area contributed by atoms with E-state index in [0.717, 1.165) is 10.2 Å². The Morgan fingerprint density at radius 2 is 2.50 bits per heavy atom. The van der Waals surface area contributed by atoms with Gasteiger partial charge in [0.25, 0.3) is 0 Å². The second-order valence-electron chi connectivity index (χ2n) is 3.61. The lowest BCUT2D eigenvalue weighted by Crippen LogP contribution is -2.02. The first-order valence-electron chi connectivity index (χ1n) is 3.97. The van der Waals surface area contributed by atoms with E-state index in [4.69, 9.17) is 23.2 Å². The zero-order chi connectivity index (χ0) is 8.77. The molecule has 0 saturated heterocycles. The van der Waals surface area contributed by atoms with Crippen LogP contribution in [0.2, 0.25) is 4.34 Å². The van der Waals surface area contributed by atoms with Crippen molar-refractivity contribution in [2.75, 3.05) is 5.88 Å². The molecule has 0 aromatic carbocycles. The molecule has 1 aromatic heterocycles. The van der Waals surface area contributed by atoms with Gasteiger partial charge in [-0.15, -0.1) is 22.9 Å². The quantitative estimate of drug-likeness (QED) is 0.664. The molecule has 1 heterocycles. The van der Waals surface area contributed by atoms with Gasteiger partial charge in [0, 0.05) is 5.88 Å². The maximum atomic E-state index is 5.87. The molecule has 0 bridgehead atoms. The third-order valence-corrected chi connectivity index (χ3v) is 4.29. The molecule has 12 heavy (non-hydrogen) atoms. The fraction of sp³-hybridized carbons (Fsp3) is 0.556. The molecule has 2 rings (SSSR count). The van der Waals surface area contributed by atoms with Gasteiger partial charge in [-0.1, -0.05) is 18.5 Å². The summed E-state index contributed by atoms with van der Waals surface area (Å²) >= 11 is 13.3.